The molecule has 0 aliphatic heterocycles. The number of halogens is 1. The van der Waals surface area contributed by atoms with Crippen LogP contribution < -0.4 is 10.6 Å². The normalized spacial score (nSPS) is 13.4. The Balaban J connectivity index is 2.01. The minimum atomic E-state index is -0.672. The summed E-state index contributed by atoms with van der Waals surface area (Å²) < 4.78 is 13.0. The molecule has 0 spiro atoms. The summed E-state index contributed by atoms with van der Waals surface area (Å²) in [5, 5.41) is 7.71. The number of benzene rings is 1. The number of hydrogen-bond acceptors (Lipinski definition) is 4. The molecule has 0 fully saturated rings. The van der Waals surface area contributed by atoms with Crippen molar-refractivity contribution >= 4 is 23.2 Å². The van der Waals surface area contributed by atoms with Gasteiger partial charge in [0.25, 0.3) is 5.91 Å². The van der Waals surface area contributed by atoms with Crippen molar-refractivity contribution in [3.63, 3.8) is 0 Å². The molecule has 27 heavy (non-hydrogen) atoms. The van der Waals surface area contributed by atoms with Gasteiger partial charge in [0.1, 0.15) is 11.9 Å². The van der Waals surface area contributed by atoms with E-state index in [-0.39, 0.29) is 17.9 Å². The molecule has 2 atom stereocenters. The molecule has 0 saturated carbocycles. The lowest BCUT2D eigenvalue weighted by Crippen LogP contribution is -2.50. The topological polar surface area (TPSA) is 61.4 Å². The molecule has 1 aromatic heterocycles. The van der Waals surface area contributed by atoms with E-state index < -0.39 is 17.8 Å². The summed E-state index contributed by atoms with van der Waals surface area (Å²) in [7, 11) is 3.93. The molecule has 2 aromatic rings. The van der Waals surface area contributed by atoms with E-state index in [1.165, 1.54) is 24.3 Å². The van der Waals surface area contributed by atoms with Crippen LogP contribution in [0.2, 0.25) is 0 Å². The molecule has 2 rings (SSSR count). The maximum absolute atomic E-state index is 13.0. The van der Waals surface area contributed by atoms with Crippen molar-refractivity contribution in [2.75, 3.05) is 20.6 Å². The van der Waals surface area contributed by atoms with Gasteiger partial charge in [-0.2, -0.15) is 0 Å². The van der Waals surface area contributed by atoms with Gasteiger partial charge >= 0.3 is 0 Å². The largest absolute Gasteiger partial charge is 0.352 e. The first-order chi connectivity index (χ1) is 12.8. The molecular formula is C20H26FN3O2S. The van der Waals surface area contributed by atoms with Gasteiger partial charge in [-0.3, -0.25) is 9.59 Å². The van der Waals surface area contributed by atoms with E-state index in [1.54, 1.807) is 11.3 Å². The van der Waals surface area contributed by atoms with E-state index in [9.17, 15) is 14.0 Å². The van der Waals surface area contributed by atoms with E-state index in [0.717, 1.165) is 4.88 Å². The Morgan fingerprint density at radius 3 is 2.33 bits per heavy atom. The van der Waals surface area contributed by atoms with Crippen LogP contribution in [-0.2, 0) is 4.79 Å². The van der Waals surface area contributed by atoms with Gasteiger partial charge in [0.15, 0.2) is 0 Å². The fourth-order valence-electron chi connectivity index (χ4n) is 2.69. The predicted octanol–water partition coefficient (Wildman–Crippen LogP) is 3.06. The number of hydrogen-bond donors (Lipinski definition) is 2. The molecule has 2 amide bonds. The first-order valence-electron chi connectivity index (χ1n) is 8.83. The number of carbonyl (C=O) groups excluding carboxylic acids is 2. The number of rotatable bonds is 8. The van der Waals surface area contributed by atoms with Crippen LogP contribution >= 0.6 is 11.3 Å². The average molecular weight is 392 g/mol. The molecule has 0 aliphatic rings. The fraction of sp³-hybridized carbons (Fsp3) is 0.400. The maximum Gasteiger partial charge on any atom is 0.251 e. The van der Waals surface area contributed by atoms with Crippen LogP contribution in [0.15, 0.2) is 41.8 Å². The van der Waals surface area contributed by atoms with Crippen molar-refractivity contribution in [2.24, 2.45) is 5.92 Å². The van der Waals surface area contributed by atoms with Crippen molar-refractivity contribution in [3.8, 4) is 0 Å². The van der Waals surface area contributed by atoms with Gasteiger partial charge in [-0.15, -0.1) is 11.3 Å². The van der Waals surface area contributed by atoms with Crippen LogP contribution in [0.3, 0.4) is 0 Å². The number of thiophene rings is 1. The van der Waals surface area contributed by atoms with Gasteiger partial charge in [0.05, 0.1) is 6.04 Å². The van der Waals surface area contributed by atoms with Gasteiger partial charge in [-0.1, -0.05) is 19.9 Å². The van der Waals surface area contributed by atoms with Crippen molar-refractivity contribution < 1.29 is 14.0 Å². The Kier molecular flexibility index (Phi) is 7.50. The van der Waals surface area contributed by atoms with Crippen LogP contribution in [0.4, 0.5) is 4.39 Å². The monoisotopic (exact) mass is 391 g/mol. The Labute approximate surface area is 163 Å². The highest BCUT2D eigenvalue weighted by atomic mass is 32.1. The van der Waals surface area contributed by atoms with Crippen LogP contribution in [0.5, 0.6) is 0 Å². The van der Waals surface area contributed by atoms with Gasteiger partial charge in [-0.25, -0.2) is 4.39 Å². The summed E-state index contributed by atoms with van der Waals surface area (Å²) >= 11 is 1.64. The lowest BCUT2D eigenvalue weighted by atomic mass is 10.0. The average Bonchev–Trinajstić information content (AvgIpc) is 3.13. The first kappa shape index (κ1) is 21.1. The molecule has 5 nitrogen and oxygen atoms in total. The third-order valence-corrected chi connectivity index (χ3v) is 5.28. The van der Waals surface area contributed by atoms with Crippen molar-refractivity contribution in [2.45, 2.75) is 25.9 Å². The molecule has 1 heterocycles. The van der Waals surface area contributed by atoms with Crippen LogP contribution in [0.25, 0.3) is 0 Å². The number of carbonyl (C=O) groups is 2. The molecule has 1 aromatic carbocycles. The molecule has 0 radical (unpaired) electrons. The van der Waals surface area contributed by atoms with E-state index in [2.05, 4.69) is 10.6 Å². The molecule has 0 aliphatic carbocycles. The van der Waals surface area contributed by atoms with Crippen LogP contribution in [-0.4, -0.2) is 43.4 Å². The highest BCUT2D eigenvalue weighted by Gasteiger charge is 2.26. The third kappa shape index (κ3) is 5.87. The summed E-state index contributed by atoms with van der Waals surface area (Å²) in [6, 6.07) is 8.67. The van der Waals surface area contributed by atoms with Gasteiger partial charge < -0.3 is 15.5 Å². The Morgan fingerprint density at radius 1 is 1.15 bits per heavy atom. The third-order valence-electron chi connectivity index (χ3n) is 4.31. The van der Waals surface area contributed by atoms with E-state index in [0.29, 0.717) is 12.1 Å². The smallest absolute Gasteiger partial charge is 0.251 e. The van der Waals surface area contributed by atoms with Gasteiger partial charge in [0.2, 0.25) is 5.91 Å². The van der Waals surface area contributed by atoms with E-state index >= 15 is 0 Å². The molecule has 0 unspecified atom stereocenters. The Morgan fingerprint density at radius 2 is 1.81 bits per heavy atom. The Bertz CT molecular complexity index is 745. The van der Waals surface area contributed by atoms with Crippen molar-refractivity contribution in [1.29, 1.82) is 0 Å². The summed E-state index contributed by atoms with van der Waals surface area (Å²) in [4.78, 5) is 28.3. The fourth-order valence-corrected chi connectivity index (χ4v) is 3.61. The molecule has 2 N–H and O–H groups in total. The lowest BCUT2D eigenvalue weighted by Gasteiger charge is -2.26. The Hall–Kier alpha value is -2.25. The number of likely N-dealkylation sites (N-methyl/N-ethyl adjacent to an activating group) is 1. The summed E-state index contributed by atoms with van der Waals surface area (Å²) in [5.41, 5.74) is 0.319. The minimum absolute atomic E-state index is 0.0644. The zero-order valence-electron chi connectivity index (χ0n) is 16.0. The van der Waals surface area contributed by atoms with E-state index in [1.807, 2.05) is 50.4 Å². The number of nitrogens with zero attached hydrogens (tertiary/aromatic N) is 1. The first-order valence-corrected chi connectivity index (χ1v) is 9.71. The summed E-state index contributed by atoms with van der Waals surface area (Å²) in [5.74, 6) is -1.13. The molecule has 146 valence electrons. The van der Waals surface area contributed by atoms with E-state index in [4.69, 9.17) is 0 Å². The number of amides is 2. The van der Waals surface area contributed by atoms with Gasteiger partial charge in [0, 0.05) is 17.0 Å². The van der Waals surface area contributed by atoms with Crippen molar-refractivity contribution in [1.82, 2.24) is 15.5 Å². The predicted molar refractivity (Wildman–Crippen MR) is 106 cm³/mol. The lowest BCUT2D eigenvalue weighted by molar-refractivity contribution is -0.124. The molecule has 0 saturated heterocycles. The molecule has 0 bridgehead atoms. The second-order valence-electron chi connectivity index (χ2n) is 6.94. The quantitative estimate of drug-likeness (QED) is 0.727. The minimum Gasteiger partial charge on any atom is -0.352 e. The number of nitrogens with one attached hydrogen (secondary N) is 2. The summed E-state index contributed by atoms with van der Waals surface area (Å²) in [6.45, 7) is 4.19. The van der Waals surface area contributed by atoms with Gasteiger partial charge in [-0.05, 0) is 55.7 Å². The highest BCUT2D eigenvalue weighted by Crippen LogP contribution is 2.22. The zero-order chi connectivity index (χ0) is 20.0. The second-order valence-corrected chi connectivity index (χ2v) is 7.92. The molecular weight excluding hydrogens is 365 g/mol. The van der Waals surface area contributed by atoms with Crippen LogP contribution in [0, 0.1) is 11.7 Å². The van der Waals surface area contributed by atoms with Crippen molar-refractivity contribution in [3.05, 3.63) is 58.0 Å². The molecule has 7 heteroatoms. The SMILES string of the molecule is CC(C)[C@@H](NC(=O)c1ccc(F)cc1)C(=O)NC[C@H](c1cccs1)N(C)C. The van der Waals surface area contributed by atoms with Crippen LogP contribution in [0.1, 0.15) is 35.1 Å². The standard InChI is InChI=1S/C20H26FN3O2S/c1-13(2)18(23-19(25)14-7-9-15(21)10-8-14)20(26)22-12-16(24(3)4)17-6-5-11-27-17/h5-11,13,16,18H,12H2,1-4H3,(H,22,26)(H,23,25)/t16-,18-/m1/s1. The maximum atomic E-state index is 13.0. The zero-order valence-corrected chi connectivity index (χ0v) is 16.8. The highest BCUT2D eigenvalue weighted by molar-refractivity contribution is 7.10. The summed E-state index contributed by atoms with van der Waals surface area (Å²) in [6.07, 6.45) is 0. The second kappa shape index (κ2) is 9.62.